The highest BCUT2D eigenvalue weighted by Gasteiger charge is 2.08. The monoisotopic (exact) mass is 249 g/mol. The first kappa shape index (κ1) is 12.0. The van der Waals surface area contributed by atoms with Gasteiger partial charge in [0, 0.05) is 28.5 Å². The first-order valence-electron chi connectivity index (χ1n) is 5.36. The van der Waals surface area contributed by atoms with Crippen LogP contribution >= 0.6 is 11.8 Å². The van der Waals surface area contributed by atoms with E-state index in [9.17, 15) is 4.79 Å². The predicted octanol–water partition coefficient (Wildman–Crippen LogP) is 2.71. The molecule has 1 heterocycles. The summed E-state index contributed by atoms with van der Waals surface area (Å²) >= 11 is 1.69. The van der Waals surface area contributed by atoms with Crippen LogP contribution in [0.3, 0.4) is 0 Å². The number of fused-ring (bicyclic) bond motifs is 1. The van der Waals surface area contributed by atoms with E-state index in [2.05, 4.69) is 4.98 Å². The summed E-state index contributed by atoms with van der Waals surface area (Å²) in [7, 11) is 1.64. The van der Waals surface area contributed by atoms with Gasteiger partial charge >= 0.3 is 0 Å². The molecule has 0 aliphatic rings. The average molecular weight is 249 g/mol. The molecular weight excluding hydrogens is 234 g/mol. The van der Waals surface area contributed by atoms with Crippen LogP contribution in [0.15, 0.2) is 23.0 Å². The second-order valence-corrected chi connectivity index (χ2v) is 4.77. The average Bonchev–Trinajstić information content (AvgIpc) is 2.31. The lowest BCUT2D eigenvalue weighted by molar-refractivity contribution is 0.412. The van der Waals surface area contributed by atoms with Gasteiger partial charge in [-0.05, 0) is 25.3 Å². The minimum Gasteiger partial charge on any atom is -0.496 e. The van der Waals surface area contributed by atoms with Crippen LogP contribution in [0.5, 0.6) is 5.75 Å². The Kier molecular flexibility index (Phi) is 3.43. The summed E-state index contributed by atoms with van der Waals surface area (Å²) in [6.07, 6.45) is 2.01. The van der Waals surface area contributed by atoms with E-state index in [4.69, 9.17) is 4.74 Å². The number of methoxy groups -OCH3 is 1. The topological polar surface area (TPSA) is 42.1 Å². The smallest absolute Gasteiger partial charge is 0.189 e. The number of nitrogens with one attached hydrogen (secondary N) is 1. The molecule has 0 aliphatic heterocycles. The first-order valence-corrected chi connectivity index (χ1v) is 6.75. The molecule has 0 fully saturated rings. The van der Waals surface area contributed by atoms with Crippen molar-refractivity contribution in [2.24, 2.45) is 0 Å². The first-order chi connectivity index (χ1) is 8.17. The zero-order chi connectivity index (χ0) is 12.4. The van der Waals surface area contributed by atoms with Crippen molar-refractivity contribution in [1.82, 2.24) is 4.98 Å². The van der Waals surface area contributed by atoms with E-state index in [1.54, 1.807) is 24.9 Å². The molecule has 90 valence electrons. The minimum atomic E-state index is 0.0635. The van der Waals surface area contributed by atoms with Crippen LogP contribution in [0.25, 0.3) is 10.9 Å². The number of hydrogen-bond donors (Lipinski definition) is 1. The summed E-state index contributed by atoms with van der Waals surface area (Å²) in [5.74, 6) is 1.61. The lowest BCUT2D eigenvalue weighted by Crippen LogP contribution is -2.06. The van der Waals surface area contributed by atoms with Crippen molar-refractivity contribution in [1.29, 1.82) is 0 Å². The predicted molar refractivity (Wildman–Crippen MR) is 73.1 cm³/mol. The Morgan fingerprint density at radius 2 is 2.18 bits per heavy atom. The highest BCUT2D eigenvalue weighted by atomic mass is 32.2. The Labute approximate surface area is 104 Å². The van der Waals surface area contributed by atoms with Gasteiger partial charge < -0.3 is 9.72 Å². The molecule has 0 radical (unpaired) electrons. The summed E-state index contributed by atoms with van der Waals surface area (Å²) in [6.45, 7) is 1.96. The second-order valence-electron chi connectivity index (χ2n) is 3.91. The van der Waals surface area contributed by atoms with Crippen molar-refractivity contribution in [2.45, 2.75) is 12.7 Å². The molecule has 0 atom stereocenters. The van der Waals surface area contributed by atoms with E-state index in [1.165, 1.54) is 0 Å². The van der Waals surface area contributed by atoms with Crippen LogP contribution < -0.4 is 10.2 Å². The minimum absolute atomic E-state index is 0.0635. The number of aryl methyl sites for hydroxylation is 1. The van der Waals surface area contributed by atoms with Gasteiger partial charge in [-0.1, -0.05) is 0 Å². The quantitative estimate of drug-likeness (QED) is 0.909. The number of aromatic nitrogens is 1. The van der Waals surface area contributed by atoms with Crippen LogP contribution in [-0.4, -0.2) is 18.3 Å². The van der Waals surface area contributed by atoms with E-state index in [0.29, 0.717) is 5.39 Å². The lowest BCUT2D eigenvalue weighted by atomic mass is 10.1. The zero-order valence-electron chi connectivity index (χ0n) is 10.2. The van der Waals surface area contributed by atoms with Gasteiger partial charge in [0.25, 0.3) is 0 Å². The molecule has 2 aromatic rings. The van der Waals surface area contributed by atoms with E-state index in [1.807, 2.05) is 25.3 Å². The maximum absolute atomic E-state index is 12.0. The van der Waals surface area contributed by atoms with Gasteiger partial charge in [0.15, 0.2) is 5.43 Å². The number of rotatable bonds is 3. The van der Waals surface area contributed by atoms with E-state index in [0.717, 1.165) is 28.3 Å². The third-order valence-corrected chi connectivity index (χ3v) is 3.39. The molecule has 1 aromatic heterocycles. The van der Waals surface area contributed by atoms with Gasteiger partial charge in [0.2, 0.25) is 0 Å². The molecule has 0 aliphatic carbocycles. The zero-order valence-corrected chi connectivity index (χ0v) is 11.0. The van der Waals surface area contributed by atoms with Crippen LogP contribution in [-0.2, 0) is 5.75 Å². The molecule has 3 nitrogen and oxygen atoms in total. The number of H-pyrrole nitrogens is 1. The van der Waals surface area contributed by atoms with Crippen molar-refractivity contribution >= 4 is 22.7 Å². The third kappa shape index (κ3) is 2.17. The number of pyridine rings is 1. The Bertz CT molecular complexity index is 604. The molecule has 0 saturated carbocycles. The molecule has 1 N–H and O–H groups in total. The SMILES string of the molecule is COc1ccc2c(=O)cc(CSC)[nH]c2c1C. The van der Waals surface area contributed by atoms with Gasteiger partial charge in [0.05, 0.1) is 12.6 Å². The number of ether oxygens (including phenoxy) is 1. The van der Waals surface area contributed by atoms with E-state index < -0.39 is 0 Å². The van der Waals surface area contributed by atoms with Crippen molar-refractivity contribution in [2.75, 3.05) is 13.4 Å². The van der Waals surface area contributed by atoms with Gasteiger partial charge in [-0.15, -0.1) is 0 Å². The summed E-state index contributed by atoms with van der Waals surface area (Å²) in [5, 5.41) is 0.716. The molecule has 0 bridgehead atoms. The lowest BCUT2D eigenvalue weighted by Gasteiger charge is -2.09. The maximum Gasteiger partial charge on any atom is 0.189 e. The molecule has 17 heavy (non-hydrogen) atoms. The highest BCUT2D eigenvalue weighted by molar-refractivity contribution is 7.97. The number of thioether (sulfide) groups is 1. The molecule has 4 heteroatoms. The highest BCUT2D eigenvalue weighted by Crippen LogP contribution is 2.24. The van der Waals surface area contributed by atoms with Crippen molar-refractivity contribution < 1.29 is 4.74 Å². The molecule has 0 spiro atoms. The Morgan fingerprint density at radius 3 is 2.82 bits per heavy atom. The fourth-order valence-electron chi connectivity index (χ4n) is 1.95. The van der Waals surface area contributed by atoms with Gasteiger partial charge in [-0.25, -0.2) is 0 Å². The van der Waals surface area contributed by atoms with Gasteiger partial charge in [0.1, 0.15) is 5.75 Å². The fourth-order valence-corrected chi connectivity index (χ4v) is 2.41. The Hall–Kier alpha value is -1.42. The van der Waals surface area contributed by atoms with E-state index >= 15 is 0 Å². The standard InChI is InChI=1S/C13H15NO2S/c1-8-12(16-2)5-4-10-11(15)6-9(7-17-3)14-13(8)10/h4-6H,7H2,1-3H3,(H,14,15). The molecule has 1 aromatic carbocycles. The van der Waals surface area contributed by atoms with Gasteiger partial charge in [-0.3, -0.25) is 4.79 Å². The summed E-state index contributed by atoms with van der Waals surface area (Å²) < 4.78 is 5.27. The summed E-state index contributed by atoms with van der Waals surface area (Å²) in [6, 6.07) is 5.31. The Morgan fingerprint density at radius 1 is 1.41 bits per heavy atom. The normalized spacial score (nSPS) is 10.8. The van der Waals surface area contributed by atoms with E-state index in [-0.39, 0.29) is 5.43 Å². The fraction of sp³-hybridized carbons (Fsp3) is 0.308. The number of aromatic amines is 1. The largest absolute Gasteiger partial charge is 0.496 e. The van der Waals surface area contributed by atoms with Crippen LogP contribution in [0.1, 0.15) is 11.3 Å². The van der Waals surface area contributed by atoms with Crippen molar-refractivity contribution in [3.05, 3.63) is 39.7 Å². The molecule has 0 saturated heterocycles. The van der Waals surface area contributed by atoms with Crippen molar-refractivity contribution in [3.63, 3.8) is 0 Å². The molecule has 2 rings (SSSR count). The maximum atomic E-state index is 12.0. The van der Waals surface area contributed by atoms with Crippen molar-refractivity contribution in [3.8, 4) is 5.75 Å². The Balaban J connectivity index is 2.74. The molecule has 0 unspecified atom stereocenters. The van der Waals surface area contributed by atoms with Crippen LogP contribution in [0, 0.1) is 6.92 Å². The number of benzene rings is 1. The molecular formula is C13H15NO2S. The third-order valence-electron chi connectivity index (χ3n) is 2.79. The van der Waals surface area contributed by atoms with Crippen LogP contribution in [0.4, 0.5) is 0 Å². The molecule has 0 amide bonds. The van der Waals surface area contributed by atoms with Gasteiger partial charge in [-0.2, -0.15) is 11.8 Å². The van der Waals surface area contributed by atoms with Crippen LogP contribution in [0.2, 0.25) is 0 Å². The summed E-state index contributed by atoms with van der Waals surface area (Å²) in [5.41, 5.74) is 2.87. The second kappa shape index (κ2) is 4.84. The number of hydrogen-bond acceptors (Lipinski definition) is 3. The summed E-state index contributed by atoms with van der Waals surface area (Å²) in [4.78, 5) is 15.3.